The predicted octanol–water partition coefficient (Wildman–Crippen LogP) is 1.31. The molecule has 1 rings (SSSR count). The molecular formula is C12H16N4O5. The number of nitro groups is 1. The molecule has 0 saturated carbocycles. The van der Waals surface area contributed by atoms with Crippen molar-refractivity contribution >= 4 is 23.4 Å². The van der Waals surface area contributed by atoms with Gasteiger partial charge in [0.15, 0.2) is 0 Å². The molecule has 1 aromatic heterocycles. The highest BCUT2D eigenvalue weighted by Gasteiger charge is 2.29. The van der Waals surface area contributed by atoms with Crippen molar-refractivity contribution in [3.63, 3.8) is 0 Å². The van der Waals surface area contributed by atoms with Crippen molar-refractivity contribution in [2.75, 3.05) is 19.0 Å². The molecule has 0 unspecified atom stereocenters. The van der Waals surface area contributed by atoms with Gasteiger partial charge < -0.3 is 15.4 Å². The van der Waals surface area contributed by atoms with Crippen LogP contribution in [0.5, 0.6) is 0 Å². The first kappa shape index (κ1) is 16.3. The minimum absolute atomic E-state index is 0.0170. The third-order valence-corrected chi connectivity index (χ3v) is 2.67. The fraction of sp³-hybridized carbons (Fsp3) is 0.417. The molecule has 1 heterocycles. The third-order valence-electron chi connectivity index (χ3n) is 2.67. The van der Waals surface area contributed by atoms with E-state index < -0.39 is 22.3 Å². The van der Waals surface area contributed by atoms with Gasteiger partial charge in [-0.15, -0.1) is 0 Å². The van der Waals surface area contributed by atoms with Crippen molar-refractivity contribution in [1.82, 2.24) is 10.3 Å². The van der Waals surface area contributed by atoms with Gasteiger partial charge in [-0.2, -0.15) is 0 Å². The normalized spacial score (nSPS) is 10.6. The number of carbonyl (C=O) groups is 2. The van der Waals surface area contributed by atoms with E-state index in [4.69, 9.17) is 0 Å². The molecule has 0 fully saturated rings. The van der Waals surface area contributed by atoms with Gasteiger partial charge in [0.25, 0.3) is 0 Å². The summed E-state index contributed by atoms with van der Waals surface area (Å²) in [6.07, 6.45) is 2.36. The second-order valence-electron chi connectivity index (χ2n) is 4.83. The Hall–Kier alpha value is -2.71. The van der Waals surface area contributed by atoms with Gasteiger partial charge in [-0.05, 0) is 19.9 Å². The Labute approximate surface area is 120 Å². The average Bonchev–Trinajstić information content (AvgIpc) is 2.44. The Kier molecular flexibility index (Phi) is 5.17. The van der Waals surface area contributed by atoms with Crippen LogP contribution in [0.4, 0.5) is 16.2 Å². The van der Waals surface area contributed by atoms with Crippen LogP contribution in [0.3, 0.4) is 0 Å². The van der Waals surface area contributed by atoms with Crippen molar-refractivity contribution in [2.45, 2.75) is 13.8 Å². The molecule has 0 aliphatic rings. The van der Waals surface area contributed by atoms with Crippen LogP contribution >= 0.6 is 0 Å². The molecule has 0 aromatic carbocycles. The molecule has 0 aliphatic carbocycles. The van der Waals surface area contributed by atoms with Crippen LogP contribution in [-0.4, -0.2) is 35.6 Å². The second-order valence-corrected chi connectivity index (χ2v) is 4.83. The summed E-state index contributed by atoms with van der Waals surface area (Å²) in [4.78, 5) is 36.9. The summed E-state index contributed by atoms with van der Waals surface area (Å²) in [5.74, 6) is -0.474. The maximum absolute atomic E-state index is 11.7. The van der Waals surface area contributed by atoms with E-state index in [1.165, 1.54) is 19.4 Å². The fourth-order valence-corrected chi connectivity index (χ4v) is 1.45. The molecule has 0 atom stereocenters. The van der Waals surface area contributed by atoms with Crippen LogP contribution < -0.4 is 10.6 Å². The molecule has 9 heteroatoms. The summed E-state index contributed by atoms with van der Waals surface area (Å²) in [7, 11) is 1.25. The van der Waals surface area contributed by atoms with E-state index in [9.17, 15) is 19.7 Å². The highest BCUT2D eigenvalue weighted by molar-refractivity contribution is 5.92. The number of urea groups is 1. The number of aromatic nitrogens is 1. The molecule has 1 aromatic rings. The van der Waals surface area contributed by atoms with E-state index in [1.54, 1.807) is 13.8 Å². The third kappa shape index (κ3) is 4.41. The van der Waals surface area contributed by atoms with E-state index in [2.05, 4.69) is 20.4 Å². The summed E-state index contributed by atoms with van der Waals surface area (Å²) in [5, 5.41) is 15.6. The van der Waals surface area contributed by atoms with Gasteiger partial charge in [-0.25, -0.2) is 4.79 Å². The molecule has 21 heavy (non-hydrogen) atoms. The lowest BCUT2D eigenvalue weighted by molar-refractivity contribution is -0.384. The molecule has 0 bridgehead atoms. The highest BCUT2D eigenvalue weighted by atomic mass is 16.6. The van der Waals surface area contributed by atoms with Crippen LogP contribution in [0.1, 0.15) is 13.8 Å². The van der Waals surface area contributed by atoms with Crippen molar-refractivity contribution in [3.05, 3.63) is 28.6 Å². The monoisotopic (exact) mass is 296 g/mol. The summed E-state index contributed by atoms with van der Waals surface area (Å²) in [6.45, 7) is 3.23. The SMILES string of the molecule is COC(=O)C(C)(C)CNC(=O)Nc1ccncc1[N+](=O)[O-]. The average molecular weight is 296 g/mol. The Morgan fingerprint density at radius 1 is 1.48 bits per heavy atom. The number of methoxy groups -OCH3 is 1. The second kappa shape index (κ2) is 6.64. The molecule has 2 N–H and O–H groups in total. The van der Waals surface area contributed by atoms with Crippen LogP contribution in [0, 0.1) is 15.5 Å². The summed E-state index contributed by atoms with van der Waals surface area (Å²) in [5.41, 5.74) is -1.21. The zero-order valence-corrected chi connectivity index (χ0v) is 11.9. The van der Waals surface area contributed by atoms with Crippen LogP contribution in [0.25, 0.3) is 0 Å². The fourth-order valence-electron chi connectivity index (χ4n) is 1.45. The molecule has 9 nitrogen and oxygen atoms in total. The Balaban J connectivity index is 2.67. The quantitative estimate of drug-likeness (QED) is 0.479. The first-order chi connectivity index (χ1) is 9.77. The predicted molar refractivity (Wildman–Crippen MR) is 73.7 cm³/mol. The molecule has 0 radical (unpaired) electrons. The zero-order valence-electron chi connectivity index (χ0n) is 11.9. The molecule has 0 saturated heterocycles. The van der Waals surface area contributed by atoms with Gasteiger partial charge in [0.1, 0.15) is 11.9 Å². The number of nitrogens with one attached hydrogen (secondary N) is 2. The van der Waals surface area contributed by atoms with Gasteiger partial charge in [0.05, 0.1) is 17.4 Å². The standard InChI is InChI=1S/C12H16N4O5/c1-12(2,10(17)21-3)7-14-11(18)15-8-4-5-13-6-9(8)16(19)20/h4-6H,7H2,1-3H3,(H2,13,14,15,18). The Morgan fingerprint density at radius 3 is 2.71 bits per heavy atom. The molecular weight excluding hydrogens is 280 g/mol. The highest BCUT2D eigenvalue weighted by Crippen LogP contribution is 2.21. The number of hydrogen-bond acceptors (Lipinski definition) is 6. The van der Waals surface area contributed by atoms with Crippen LogP contribution in [0.2, 0.25) is 0 Å². The first-order valence-electron chi connectivity index (χ1n) is 5.99. The number of nitrogens with zero attached hydrogens (tertiary/aromatic N) is 2. The minimum atomic E-state index is -0.906. The largest absolute Gasteiger partial charge is 0.469 e. The number of hydrogen-bond donors (Lipinski definition) is 2. The zero-order chi connectivity index (χ0) is 16.0. The number of pyridine rings is 1. The number of anilines is 1. The lowest BCUT2D eigenvalue weighted by Crippen LogP contribution is -2.41. The maximum atomic E-state index is 11.7. The topological polar surface area (TPSA) is 123 Å². The van der Waals surface area contributed by atoms with Gasteiger partial charge >= 0.3 is 17.7 Å². The molecule has 114 valence electrons. The van der Waals surface area contributed by atoms with Gasteiger partial charge in [-0.1, -0.05) is 0 Å². The summed E-state index contributed by atoms with van der Waals surface area (Å²) in [6, 6.07) is 0.643. The number of esters is 1. The number of rotatable bonds is 5. The smallest absolute Gasteiger partial charge is 0.319 e. The first-order valence-corrected chi connectivity index (χ1v) is 5.99. The van der Waals surface area contributed by atoms with Gasteiger partial charge in [-0.3, -0.25) is 19.9 Å². The maximum Gasteiger partial charge on any atom is 0.319 e. The minimum Gasteiger partial charge on any atom is -0.469 e. The van der Waals surface area contributed by atoms with E-state index in [0.717, 1.165) is 6.20 Å². The van der Waals surface area contributed by atoms with Crippen molar-refractivity contribution < 1.29 is 19.2 Å². The molecule has 0 spiro atoms. The Bertz CT molecular complexity index is 558. The van der Waals surface area contributed by atoms with Crippen molar-refractivity contribution in [2.24, 2.45) is 5.41 Å². The molecule has 0 aliphatic heterocycles. The van der Waals surface area contributed by atoms with Crippen LogP contribution in [0.15, 0.2) is 18.5 Å². The van der Waals surface area contributed by atoms with Crippen molar-refractivity contribution in [1.29, 1.82) is 0 Å². The summed E-state index contributed by atoms with van der Waals surface area (Å²) >= 11 is 0. The number of amides is 2. The number of ether oxygens (including phenoxy) is 1. The van der Waals surface area contributed by atoms with E-state index in [0.29, 0.717) is 0 Å². The van der Waals surface area contributed by atoms with E-state index in [1.807, 2.05) is 0 Å². The Morgan fingerprint density at radius 2 is 2.14 bits per heavy atom. The number of carbonyl (C=O) groups excluding carboxylic acids is 2. The van der Waals surface area contributed by atoms with Crippen molar-refractivity contribution in [3.8, 4) is 0 Å². The van der Waals surface area contributed by atoms with Gasteiger partial charge in [0, 0.05) is 12.7 Å². The lowest BCUT2D eigenvalue weighted by Gasteiger charge is -2.21. The van der Waals surface area contributed by atoms with Crippen LogP contribution in [-0.2, 0) is 9.53 Å². The summed E-state index contributed by atoms with van der Waals surface area (Å²) < 4.78 is 4.61. The van der Waals surface area contributed by atoms with E-state index in [-0.39, 0.29) is 17.9 Å². The van der Waals surface area contributed by atoms with E-state index >= 15 is 0 Å². The lowest BCUT2D eigenvalue weighted by atomic mass is 9.94. The molecule has 2 amide bonds. The van der Waals surface area contributed by atoms with Gasteiger partial charge in [0.2, 0.25) is 0 Å².